The number of aliphatic carboxylic acids is 1. The predicted molar refractivity (Wildman–Crippen MR) is 75.2 cm³/mol. The number of carboxylic acid groups (broad SMARTS) is 1. The molecule has 0 aliphatic heterocycles. The topological polar surface area (TPSA) is 66.8 Å². The van der Waals surface area contributed by atoms with Gasteiger partial charge in [-0.2, -0.15) is 0 Å². The van der Waals surface area contributed by atoms with Crippen LogP contribution in [0.3, 0.4) is 0 Å². The molecule has 0 saturated carbocycles. The normalized spacial score (nSPS) is 11.5. The Bertz CT molecular complexity index is 470. The summed E-state index contributed by atoms with van der Waals surface area (Å²) >= 11 is 0. The second kappa shape index (κ2) is 7.33. The molecule has 0 radical (unpaired) electrons. The van der Waals surface area contributed by atoms with Crippen molar-refractivity contribution in [2.45, 2.75) is 26.5 Å². The Labute approximate surface area is 118 Å². The molecule has 1 amide bonds. The first-order valence-corrected chi connectivity index (χ1v) is 6.32. The van der Waals surface area contributed by atoms with Gasteiger partial charge in [-0.05, 0) is 25.0 Å². The van der Waals surface area contributed by atoms with Gasteiger partial charge in [0.1, 0.15) is 6.61 Å². The van der Waals surface area contributed by atoms with Crippen LogP contribution in [0.4, 0.5) is 4.79 Å². The average Bonchev–Trinajstić information content (AvgIpc) is 2.42. The molecule has 0 aromatic heterocycles. The largest absolute Gasteiger partial charge is 0.479 e. The molecular formula is C15H19NO4. The minimum atomic E-state index is -1.11. The molecule has 1 aromatic rings. The van der Waals surface area contributed by atoms with Crippen molar-refractivity contribution < 1.29 is 19.4 Å². The zero-order valence-electron chi connectivity index (χ0n) is 11.7. The van der Waals surface area contributed by atoms with Gasteiger partial charge in [0.25, 0.3) is 0 Å². The molecule has 108 valence electrons. The van der Waals surface area contributed by atoms with E-state index in [1.807, 2.05) is 30.3 Å². The van der Waals surface area contributed by atoms with Gasteiger partial charge < -0.3 is 9.84 Å². The maximum atomic E-state index is 12.0. The lowest BCUT2D eigenvalue weighted by molar-refractivity contribution is -0.141. The van der Waals surface area contributed by atoms with Gasteiger partial charge in [-0.15, -0.1) is 0 Å². The summed E-state index contributed by atoms with van der Waals surface area (Å²) in [6.07, 6.45) is -0.660. The second-order valence-electron chi connectivity index (χ2n) is 4.41. The van der Waals surface area contributed by atoms with Crippen LogP contribution in [-0.2, 0) is 16.1 Å². The molecule has 1 aromatic carbocycles. The van der Waals surface area contributed by atoms with Gasteiger partial charge >= 0.3 is 12.1 Å². The first kappa shape index (κ1) is 15.8. The van der Waals surface area contributed by atoms with Gasteiger partial charge in [0.15, 0.2) is 6.04 Å². The van der Waals surface area contributed by atoms with Crippen molar-refractivity contribution >= 4 is 12.1 Å². The zero-order chi connectivity index (χ0) is 15.1. The van der Waals surface area contributed by atoms with E-state index >= 15 is 0 Å². The first-order valence-electron chi connectivity index (χ1n) is 6.32. The fourth-order valence-electron chi connectivity index (χ4n) is 1.83. The van der Waals surface area contributed by atoms with E-state index in [4.69, 9.17) is 9.84 Å². The fourth-order valence-corrected chi connectivity index (χ4v) is 1.83. The molecule has 0 spiro atoms. The number of amides is 1. The number of ether oxygens (including phenoxy) is 1. The molecule has 5 nitrogen and oxygen atoms in total. The number of nitrogens with zero attached hydrogens (tertiary/aromatic N) is 1. The lowest BCUT2D eigenvalue weighted by Gasteiger charge is -2.27. The molecule has 20 heavy (non-hydrogen) atoms. The maximum absolute atomic E-state index is 12.0. The molecule has 1 atom stereocenters. The highest BCUT2D eigenvalue weighted by Crippen LogP contribution is 2.12. The summed E-state index contributed by atoms with van der Waals surface area (Å²) < 4.78 is 5.14. The lowest BCUT2D eigenvalue weighted by atomic mass is 10.1. The number of carbonyl (C=O) groups is 2. The Kier molecular flexibility index (Phi) is 5.77. The minimum absolute atomic E-state index is 0.110. The molecule has 1 N–H and O–H groups in total. The summed E-state index contributed by atoms with van der Waals surface area (Å²) in [7, 11) is 0. The Morgan fingerprint density at radius 1 is 1.35 bits per heavy atom. The molecule has 1 rings (SSSR count). The Morgan fingerprint density at radius 2 is 1.95 bits per heavy atom. The monoisotopic (exact) mass is 277 g/mol. The average molecular weight is 277 g/mol. The van der Waals surface area contributed by atoms with Crippen LogP contribution >= 0.6 is 0 Å². The second-order valence-corrected chi connectivity index (χ2v) is 4.41. The number of carboxylic acids is 1. The Hall–Kier alpha value is -2.30. The quantitative estimate of drug-likeness (QED) is 0.812. The lowest BCUT2D eigenvalue weighted by Crippen LogP contribution is -2.45. The van der Waals surface area contributed by atoms with Crippen LogP contribution in [0.5, 0.6) is 0 Å². The van der Waals surface area contributed by atoms with E-state index < -0.39 is 18.1 Å². The van der Waals surface area contributed by atoms with Crippen LogP contribution in [0.1, 0.15) is 19.4 Å². The minimum Gasteiger partial charge on any atom is -0.479 e. The van der Waals surface area contributed by atoms with Crippen LogP contribution in [-0.4, -0.2) is 34.7 Å². The number of rotatable bonds is 6. The summed E-state index contributed by atoms with van der Waals surface area (Å²) in [4.78, 5) is 24.4. The van der Waals surface area contributed by atoms with Gasteiger partial charge in [0.05, 0.1) is 0 Å². The first-order chi connectivity index (χ1) is 9.47. The number of carbonyl (C=O) groups excluding carboxylic acids is 1. The number of hydrogen-bond donors (Lipinski definition) is 1. The predicted octanol–water partition coefficient (Wildman–Crippen LogP) is 2.67. The third-order valence-electron chi connectivity index (χ3n) is 2.79. The van der Waals surface area contributed by atoms with Crippen LogP contribution in [0.2, 0.25) is 0 Å². The molecule has 0 aliphatic carbocycles. The highest BCUT2D eigenvalue weighted by atomic mass is 16.6. The molecule has 5 heteroatoms. The van der Waals surface area contributed by atoms with Crippen molar-refractivity contribution in [1.29, 1.82) is 0 Å². The van der Waals surface area contributed by atoms with Gasteiger partial charge in [0.2, 0.25) is 0 Å². The van der Waals surface area contributed by atoms with E-state index in [1.165, 1.54) is 0 Å². The van der Waals surface area contributed by atoms with Crippen molar-refractivity contribution in [2.75, 3.05) is 6.54 Å². The summed E-state index contributed by atoms with van der Waals surface area (Å²) in [5, 5.41) is 9.17. The number of likely N-dealkylation sites (N-methyl/N-ethyl adjacent to an activating group) is 1. The molecule has 0 heterocycles. The van der Waals surface area contributed by atoms with Crippen LogP contribution < -0.4 is 0 Å². The Morgan fingerprint density at radius 3 is 2.40 bits per heavy atom. The van der Waals surface area contributed by atoms with E-state index in [1.54, 1.807) is 13.8 Å². The van der Waals surface area contributed by atoms with E-state index in [-0.39, 0.29) is 13.2 Å². The summed E-state index contributed by atoms with van der Waals surface area (Å²) in [5.41, 5.74) is 1.23. The third-order valence-corrected chi connectivity index (χ3v) is 2.79. The van der Waals surface area contributed by atoms with E-state index in [9.17, 15) is 9.59 Å². The van der Waals surface area contributed by atoms with Crippen molar-refractivity contribution in [1.82, 2.24) is 4.90 Å². The van der Waals surface area contributed by atoms with Crippen molar-refractivity contribution in [3.63, 3.8) is 0 Å². The van der Waals surface area contributed by atoms with E-state index in [2.05, 4.69) is 6.58 Å². The summed E-state index contributed by atoms with van der Waals surface area (Å²) in [5.74, 6) is -1.11. The molecule has 0 saturated heterocycles. The molecule has 0 fully saturated rings. The molecule has 0 aliphatic rings. The standard InChI is InChI=1S/C15H19NO4/c1-4-16(13(11(2)3)14(17)18)15(19)20-10-12-8-6-5-7-9-12/h5-9,13H,2,4,10H2,1,3H3,(H,17,18). The number of hydrogen-bond acceptors (Lipinski definition) is 3. The molecule has 0 bridgehead atoms. The van der Waals surface area contributed by atoms with E-state index in [0.717, 1.165) is 10.5 Å². The van der Waals surface area contributed by atoms with Crippen molar-refractivity contribution in [2.24, 2.45) is 0 Å². The molecule has 1 unspecified atom stereocenters. The van der Waals surface area contributed by atoms with Crippen LogP contribution in [0.25, 0.3) is 0 Å². The van der Waals surface area contributed by atoms with E-state index in [0.29, 0.717) is 5.57 Å². The van der Waals surface area contributed by atoms with Gasteiger partial charge in [-0.3, -0.25) is 4.90 Å². The van der Waals surface area contributed by atoms with Gasteiger partial charge in [-0.25, -0.2) is 9.59 Å². The van der Waals surface area contributed by atoms with Crippen LogP contribution in [0.15, 0.2) is 42.5 Å². The highest BCUT2D eigenvalue weighted by Gasteiger charge is 2.30. The molecular weight excluding hydrogens is 258 g/mol. The van der Waals surface area contributed by atoms with Crippen LogP contribution in [0, 0.1) is 0 Å². The Balaban J connectivity index is 2.72. The maximum Gasteiger partial charge on any atom is 0.411 e. The number of benzene rings is 1. The third kappa shape index (κ3) is 4.12. The summed E-state index contributed by atoms with van der Waals surface area (Å²) in [6.45, 7) is 7.23. The summed E-state index contributed by atoms with van der Waals surface area (Å²) in [6, 6.07) is 8.14. The SMILES string of the molecule is C=C(C)C(C(=O)O)N(CC)C(=O)OCc1ccccc1. The highest BCUT2D eigenvalue weighted by molar-refractivity contribution is 5.82. The van der Waals surface area contributed by atoms with Crippen molar-refractivity contribution in [3.8, 4) is 0 Å². The van der Waals surface area contributed by atoms with Gasteiger partial charge in [-0.1, -0.05) is 36.9 Å². The van der Waals surface area contributed by atoms with Gasteiger partial charge in [0, 0.05) is 6.54 Å². The van der Waals surface area contributed by atoms with Crippen molar-refractivity contribution in [3.05, 3.63) is 48.0 Å². The smallest absolute Gasteiger partial charge is 0.411 e. The zero-order valence-corrected chi connectivity index (χ0v) is 11.7. The fraction of sp³-hybridized carbons (Fsp3) is 0.333.